The van der Waals surface area contributed by atoms with Crippen molar-refractivity contribution in [3.8, 4) is 6.07 Å². The number of nitrogens with zero attached hydrogens (tertiary/aromatic N) is 2. The van der Waals surface area contributed by atoms with Gasteiger partial charge in [-0.25, -0.2) is 9.18 Å². The van der Waals surface area contributed by atoms with Crippen LogP contribution in [0.4, 0.5) is 9.18 Å². The molecule has 10 heteroatoms. The van der Waals surface area contributed by atoms with Crippen LogP contribution in [0, 0.1) is 11.3 Å². The Morgan fingerprint density at radius 1 is 1.38 bits per heavy atom. The molecule has 2 amide bonds. The number of hydrogen-bond acceptors (Lipinski definition) is 6. The molecule has 0 spiro atoms. The lowest BCUT2D eigenvalue weighted by Gasteiger charge is -2.36. The van der Waals surface area contributed by atoms with E-state index in [2.05, 4.69) is 10.7 Å². The molecule has 34 heavy (non-hydrogen) atoms. The number of fused-ring (bicyclic) bond motifs is 1. The van der Waals surface area contributed by atoms with Gasteiger partial charge in [0, 0.05) is 26.6 Å². The molecule has 0 saturated carbocycles. The number of amides is 2. The number of nitrogens with one attached hydrogen (secondary N) is 1. The van der Waals surface area contributed by atoms with Crippen molar-refractivity contribution in [3.63, 3.8) is 0 Å². The minimum absolute atomic E-state index is 0.0311. The van der Waals surface area contributed by atoms with Crippen LogP contribution < -0.4 is 5.32 Å². The Kier molecular flexibility index (Phi) is 8.06. The van der Waals surface area contributed by atoms with Crippen LogP contribution in [0.5, 0.6) is 0 Å². The molecule has 1 fully saturated rings. The average molecular weight is 526 g/mol. The van der Waals surface area contributed by atoms with Crippen LogP contribution in [0.1, 0.15) is 46.6 Å². The number of alkyl halides is 1. The van der Waals surface area contributed by atoms with Crippen molar-refractivity contribution in [2.24, 2.45) is 0 Å². The summed E-state index contributed by atoms with van der Waals surface area (Å²) in [5.74, 6) is 0.0776. The van der Waals surface area contributed by atoms with Gasteiger partial charge in [0.1, 0.15) is 23.9 Å². The minimum Gasteiger partial charge on any atom is -0.444 e. The highest BCUT2D eigenvalue weighted by Gasteiger charge is 2.45. The Morgan fingerprint density at radius 3 is 2.74 bits per heavy atom. The third-order valence-electron chi connectivity index (χ3n) is 5.50. The highest BCUT2D eigenvalue weighted by molar-refractivity contribution is 8.00. The first-order valence-electron chi connectivity index (χ1n) is 10.9. The van der Waals surface area contributed by atoms with Crippen molar-refractivity contribution in [3.05, 3.63) is 34.2 Å². The van der Waals surface area contributed by atoms with Gasteiger partial charge in [0.25, 0.3) is 0 Å². The summed E-state index contributed by atoms with van der Waals surface area (Å²) in [6, 6.07) is 5.85. The normalized spacial score (nSPS) is 19.6. The van der Waals surface area contributed by atoms with Gasteiger partial charge in [-0.15, -0.1) is 23.1 Å². The standard InChI is InChI=1S/C24H29ClFN3O3S2/c1-23(2,3)32-22(31)28-20(21(30)29-11-16(26)9-17(29)10-27)24(4,5)34-13-14-12-33-19-7-6-15(25)8-18(14)19/h6-8,12,16-17,20H,9,11,13H2,1-5H3,(H,28,31)/t16-,17-,20+/m0/s1. The first-order valence-corrected chi connectivity index (χ1v) is 13.2. The maximum atomic E-state index is 14.1. The first-order chi connectivity index (χ1) is 15.8. The van der Waals surface area contributed by atoms with E-state index in [-0.39, 0.29) is 13.0 Å². The number of likely N-dealkylation sites (tertiary alicyclic amines) is 1. The van der Waals surface area contributed by atoms with Crippen molar-refractivity contribution in [2.45, 2.75) is 75.4 Å². The Bertz CT molecular complexity index is 1110. The van der Waals surface area contributed by atoms with Gasteiger partial charge in [0.15, 0.2) is 0 Å². The number of hydrogen-bond donors (Lipinski definition) is 1. The van der Waals surface area contributed by atoms with E-state index in [4.69, 9.17) is 16.3 Å². The van der Waals surface area contributed by atoms with Crippen LogP contribution in [0.3, 0.4) is 0 Å². The fraction of sp³-hybridized carbons (Fsp3) is 0.542. The molecule has 1 aliphatic heterocycles. The molecule has 1 aromatic heterocycles. The molecule has 0 aliphatic carbocycles. The molecule has 1 aromatic carbocycles. The minimum atomic E-state index is -1.27. The molecular formula is C24H29ClFN3O3S2. The Labute approximate surface area is 212 Å². The van der Waals surface area contributed by atoms with Gasteiger partial charge in [-0.2, -0.15) is 5.26 Å². The van der Waals surface area contributed by atoms with Crippen LogP contribution in [0.2, 0.25) is 5.02 Å². The quantitative estimate of drug-likeness (QED) is 0.506. The zero-order valence-electron chi connectivity index (χ0n) is 19.9. The third kappa shape index (κ3) is 6.35. The zero-order valence-corrected chi connectivity index (χ0v) is 22.2. The maximum absolute atomic E-state index is 14.1. The summed E-state index contributed by atoms with van der Waals surface area (Å²) >= 11 is 9.29. The van der Waals surface area contributed by atoms with Gasteiger partial charge in [0.2, 0.25) is 5.91 Å². The summed E-state index contributed by atoms with van der Waals surface area (Å²) < 4.78 is 19.8. The largest absolute Gasteiger partial charge is 0.444 e. The van der Waals surface area contributed by atoms with Gasteiger partial charge < -0.3 is 15.0 Å². The summed E-state index contributed by atoms with van der Waals surface area (Å²) in [6.45, 7) is 8.73. The summed E-state index contributed by atoms with van der Waals surface area (Å²) in [6.07, 6.45) is -2.04. The van der Waals surface area contributed by atoms with Crippen molar-refractivity contribution in [1.29, 1.82) is 5.26 Å². The summed E-state index contributed by atoms with van der Waals surface area (Å²) in [4.78, 5) is 27.4. The summed E-state index contributed by atoms with van der Waals surface area (Å²) in [7, 11) is 0. The zero-order chi connectivity index (χ0) is 25.3. The van der Waals surface area contributed by atoms with Crippen LogP contribution in [-0.2, 0) is 15.3 Å². The Balaban J connectivity index is 1.85. The van der Waals surface area contributed by atoms with E-state index in [0.717, 1.165) is 15.6 Å². The molecule has 2 aromatic rings. The Hall–Kier alpha value is -2.02. The summed E-state index contributed by atoms with van der Waals surface area (Å²) in [5.41, 5.74) is 0.320. The van der Waals surface area contributed by atoms with Crippen molar-refractivity contribution in [1.82, 2.24) is 10.2 Å². The molecule has 1 saturated heterocycles. The lowest BCUT2D eigenvalue weighted by molar-refractivity contribution is -0.134. The lowest BCUT2D eigenvalue weighted by Crippen LogP contribution is -2.58. The molecule has 2 heterocycles. The predicted molar refractivity (Wildman–Crippen MR) is 136 cm³/mol. The molecule has 1 aliphatic rings. The fourth-order valence-electron chi connectivity index (χ4n) is 3.79. The predicted octanol–water partition coefficient (Wildman–Crippen LogP) is 5.92. The van der Waals surface area contributed by atoms with E-state index >= 15 is 0 Å². The lowest BCUT2D eigenvalue weighted by atomic mass is 10.0. The first kappa shape index (κ1) is 26.6. The summed E-state index contributed by atoms with van der Waals surface area (Å²) in [5, 5.41) is 15.9. The number of carbonyl (C=O) groups excluding carboxylic acids is 2. The third-order valence-corrected chi connectivity index (χ3v) is 8.18. The molecule has 0 bridgehead atoms. The van der Waals surface area contributed by atoms with Gasteiger partial charge in [-0.1, -0.05) is 11.6 Å². The van der Waals surface area contributed by atoms with E-state index in [9.17, 15) is 19.2 Å². The molecule has 3 rings (SSSR count). The number of benzene rings is 1. The van der Waals surface area contributed by atoms with E-state index < -0.39 is 40.6 Å². The molecule has 3 atom stereocenters. The van der Waals surface area contributed by atoms with E-state index in [0.29, 0.717) is 10.8 Å². The molecule has 1 N–H and O–H groups in total. The van der Waals surface area contributed by atoms with E-state index in [1.807, 2.05) is 38.1 Å². The number of halogens is 2. The maximum Gasteiger partial charge on any atom is 0.408 e. The number of ether oxygens (including phenoxy) is 1. The van der Waals surface area contributed by atoms with Crippen molar-refractivity contribution >= 4 is 56.8 Å². The average Bonchev–Trinajstić information content (AvgIpc) is 3.31. The van der Waals surface area contributed by atoms with Crippen LogP contribution in [-0.4, -0.2) is 52.0 Å². The van der Waals surface area contributed by atoms with Gasteiger partial charge >= 0.3 is 6.09 Å². The van der Waals surface area contributed by atoms with Crippen LogP contribution in [0.15, 0.2) is 23.6 Å². The smallest absolute Gasteiger partial charge is 0.408 e. The molecule has 0 unspecified atom stereocenters. The number of rotatable bonds is 6. The van der Waals surface area contributed by atoms with Crippen molar-refractivity contribution in [2.75, 3.05) is 6.54 Å². The number of carbonyl (C=O) groups is 2. The fourth-order valence-corrected chi connectivity index (χ4v) is 6.10. The second-order valence-electron chi connectivity index (χ2n) is 9.84. The second-order valence-corrected chi connectivity index (χ2v) is 12.8. The van der Waals surface area contributed by atoms with Crippen molar-refractivity contribution < 1.29 is 18.7 Å². The van der Waals surface area contributed by atoms with E-state index in [1.54, 1.807) is 32.1 Å². The van der Waals surface area contributed by atoms with Gasteiger partial charge in [0.05, 0.1) is 12.6 Å². The SMILES string of the molecule is CC(C)(C)OC(=O)N[C@H](C(=O)N1C[C@@H](F)C[C@H]1C#N)C(C)(C)SCc1csc2ccc(Cl)cc12. The van der Waals surface area contributed by atoms with Crippen LogP contribution in [0.25, 0.3) is 10.1 Å². The number of alkyl carbamates (subject to hydrolysis) is 1. The number of nitriles is 1. The second kappa shape index (κ2) is 10.3. The van der Waals surface area contributed by atoms with Gasteiger partial charge in [-0.3, -0.25) is 4.79 Å². The number of thiophene rings is 1. The van der Waals surface area contributed by atoms with E-state index in [1.165, 1.54) is 16.7 Å². The van der Waals surface area contributed by atoms with Gasteiger partial charge in [-0.05, 0) is 69.1 Å². The highest BCUT2D eigenvalue weighted by Crippen LogP contribution is 2.37. The molecule has 0 radical (unpaired) electrons. The highest BCUT2D eigenvalue weighted by atomic mass is 35.5. The number of thioether (sulfide) groups is 1. The molecule has 6 nitrogen and oxygen atoms in total. The Morgan fingerprint density at radius 2 is 2.09 bits per heavy atom. The molecule has 184 valence electrons. The molecular weight excluding hydrogens is 497 g/mol. The van der Waals surface area contributed by atoms with Crippen LogP contribution >= 0.6 is 34.7 Å². The topological polar surface area (TPSA) is 82.4 Å². The monoisotopic (exact) mass is 525 g/mol.